The number of methoxy groups -OCH3 is 2. The molecule has 4 amide bonds. The Balaban J connectivity index is 0.00000234. The number of nitrogens with zero attached hydrogens (tertiary/aromatic N) is 6. The first-order valence-corrected chi connectivity index (χ1v) is 23.2. The average molecular weight is 1070 g/mol. The van der Waals surface area contributed by atoms with Crippen LogP contribution in [0, 0.1) is 29.0 Å². The second kappa shape index (κ2) is 23.2. The lowest BCUT2D eigenvalue weighted by Crippen LogP contribution is -2.51. The molecule has 3 aliphatic rings. The molecule has 3 aliphatic heterocycles. The third-order valence-corrected chi connectivity index (χ3v) is 13.9. The number of likely N-dealkylation sites (tertiary alicyclic amines) is 2. The largest absolute Gasteiger partial charge is 0.464 e. The molecule has 0 saturated carbocycles. The van der Waals surface area contributed by atoms with Crippen LogP contribution < -0.4 is 15.4 Å². The minimum Gasteiger partial charge on any atom is -0.464 e. The van der Waals surface area contributed by atoms with Crippen molar-refractivity contribution in [1.82, 2.24) is 44.9 Å². The number of carbonyl (C=O) groups excluding carboxylic acids is 4. The van der Waals surface area contributed by atoms with Crippen molar-refractivity contribution in [3.63, 3.8) is 0 Å². The molecule has 6 aromatic rings. The predicted molar refractivity (Wildman–Crippen MR) is 288 cm³/mol. The number of amides is 4. The predicted octanol–water partition coefficient (Wildman–Crippen LogP) is 8.64. The monoisotopic (exact) mass is 1070 g/mol. The number of hydrogen-bond donors (Lipinski definition) is 4. The van der Waals surface area contributed by atoms with Gasteiger partial charge in [0, 0.05) is 29.6 Å². The molecule has 0 radical (unpaired) electrons. The fourth-order valence-electron chi connectivity index (χ4n) is 9.52. The molecule has 1 unspecified atom stereocenters. The van der Waals surface area contributed by atoms with Crippen LogP contribution in [-0.2, 0) is 19.1 Å². The number of hydrogen-bond acceptors (Lipinski definition) is 11. The van der Waals surface area contributed by atoms with Crippen LogP contribution in [0.1, 0.15) is 93.1 Å². The Bertz CT molecular complexity index is 2950. The van der Waals surface area contributed by atoms with Gasteiger partial charge in [-0.1, -0.05) is 33.8 Å². The standard InChI is InChI=1S/C48H51FN10O7S.4H2S/c1-24(2)40(55-47(62)64-5)44(60)57-15-7-9-34(57)42-51-22-31(53-42)26-11-13-33-28(17-26)19-36-39-30(49)18-27(20-37(39)66-46(59(33)36)38-14-12-29(21-50)67-38)32-23-52-43(54-32)35-10-8-16-58(35)45(61)41(25(3)4)56-48(63)65-6;;;;/h11-14,17-20,22-25,34-35,40-41,46H,7-10,15-16H2,1-6H3,(H,51,53)(H,52,54)(H,55,62)(H,56,63);4*1H2/t34-,35-,40-,41-,46?;;;;/m0..../s1. The highest BCUT2D eigenvalue weighted by Crippen LogP contribution is 2.48. The quantitative estimate of drug-likeness (QED) is 0.0970. The van der Waals surface area contributed by atoms with Gasteiger partial charge < -0.3 is 44.6 Å². The van der Waals surface area contributed by atoms with E-state index in [0.29, 0.717) is 65.2 Å². The number of aromatic amines is 2. The maximum atomic E-state index is 16.8. The lowest BCUT2D eigenvalue weighted by molar-refractivity contribution is -0.136. The summed E-state index contributed by atoms with van der Waals surface area (Å²) in [4.78, 5) is 72.7. The van der Waals surface area contributed by atoms with Gasteiger partial charge in [-0.3, -0.25) is 14.2 Å². The molecular weight excluding hydrogens is 1010 g/mol. The number of H-pyrrole nitrogens is 2. The van der Waals surface area contributed by atoms with E-state index in [1.54, 1.807) is 34.3 Å². The van der Waals surface area contributed by atoms with E-state index in [9.17, 15) is 24.4 Å². The van der Waals surface area contributed by atoms with Gasteiger partial charge in [-0.25, -0.2) is 23.9 Å². The van der Waals surface area contributed by atoms with E-state index < -0.39 is 36.3 Å². The molecule has 7 heterocycles. The molecule has 2 fully saturated rings. The summed E-state index contributed by atoms with van der Waals surface area (Å²) in [6.45, 7) is 8.48. The van der Waals surface area contributed by atoms with Gasteiger partial charge in [0.25, 0.3) is 0 Å². The first kappa shape index (κ1) is 56.1. The number of ether oxygens (including phenoxy) is 3. The first-order valence-electron chi connectivity index (χ1n) is 22.3. The average Bonchev–Trinajstić information content (AvgIpc) is 4.18. The van der Waals surface area contributed by atoms with Crippen molar-refractivity contribution < 1.29 is 37.8 Å². The van der Waals surface area contributed by atoms with Crippen LogP contribution in [0.2, 0.25) is 0 Å². The SMILES string of the molecule is COC(=O)N[C@H](C(=O)N1CCC[C@H]1c1ncc(-c2cc(F)c3c(c2)OC(c2ccc(C#N)s2)n2c-3cc3cc(-c4cnc([C@@H]5CCCN5C(=O)[C@@H](NC(=O)OC)C(C)C)[nH]4)ccc32)[nH]1)C(C)C.S.S.S.S. The number of alkyl carbamates (subject to hydrolysis) is 2. The number of nitrogens with one attached hydrogen (secondary N) is 4. The normalized spacial score (nSPS) is 17.5. The Hall–Kier alpha value is -5.80. The molecule has 9 rings (SSSR count). The molecule has 17 nitrogen and oxygen atoms in total. The number of imidazole rings is 2. The van der Waals surface area contributed by atoms with Crippen LogP contribution in [0.4, 0.5) is 14.0 Å². The number of nitriles is 1. The smallest absolute Gasteiger partial charge is 0.407 e. The summed E-state index contributed by atoms with van der Waals surface area (Å²) in [5.74, 6) is 0.181. The van der Waals surface area contributed by atoms with Gasteiger partial charge in [-0.2, -0.15) is 59.2 Å². The zero-order chi connectivity index (χ0) is 47.3. The van der Waals surface area contributed by atoms with Crippen molar-refractivity contribution in [2.24, 2.45) is 11.8 Å². The van der Waals surface area contributed by atoms with Crippen LogP contribution in [0.5, 0.6) is 5.75 Å². The summed E-state index contributed by atoms with van der Waals surface area (Å²) in [5, 5.41) is 15.9. The Labute approximate surface area is 442 Å². The van der Waals surface area contributed by atoms with Gasteiger partial charge in [0.2, 0.25) is 18.0 Å². The highest BCUT2D eigenvalue weighted by Gasteiger charge is 2.40. The molecule has 5 atom stereocenters. The van der Waals surface area contributed by atoms with Crippen molar-refractivity contribution in [1.29, 1.82) is 5.26 Å². The molecule has 71 heavy (non-hydrogen) atoms. The zero-order valence-electron chi connectivity index (χ0n) is 39.9. The van der Waals surface area contributed by atoms with Gasteiger partial charge in [0.05, 0.1) is 71.7 Å². The van der Waals surface area contributed by atoms with Crippen molar-refractivity contribution in [3.05, 3.63) is 88.1 Å². The van der Waals surface area contributed by atoms with Crippen LogP contribution >= 0.6 is 65.3 Å². The van der Waals surface area contributed by atoms with Crippen molar-refractivity contribution in [2.75, 3.05) is 27.3 Å². The lowest BCUT2D eigenvalue weighted by atomic mass is 10.0. The molecule has 0 bridgehead atoms. The number of fused-ring (bicyclic) bond motifs is 5. The number of benzene rings is 2. The number of thiophene rings is 1. The number of halogens is 1. The Morgan fingerprint density at radius 1 is 0.789 bits per heavy atom. The van der Waals surface area contributed by atoms with Crippen LogP contribution in [0.3, 0.4) is 0 Å². The minimum absolute atomic E-state index is 0. The third kappa shape index (κ3) is 10.7. The van der Waals surface area contributed by atoms with Crippen molar-refractivity contribution in [3.8, 4) is 45.6 Å². The second-order valence-corrected chi connectivity index (χ2v) is 18.9. The van der Waals surface area contributed by atoms with Gasteiger partial charge in [-0.15, -0.1) is 11.3 Å². The van der Waals surface area contributed by atoms with E-state index in [1.807, 2.05) is 62.6 Å². The van der Waals surface area contributed by atoms with Crippen molar-refractivity contribution >= 4 is 100 Å². The van der Waals surface area contributed by atoms with Crippen LogP contribution in [0.15, 0.2) is 60.9 Å². The molecule has 380 valence electrons. The molecule has 4 N–H and O–H groups in total. The Morgan fingerprint density at radius 3 is 1.85 bits per heavy atom. The van der Waals surface area contributed by atoms with E-state index in [2.05, 4.69) is 31.7 Å². The zero-order valence-corrected chi connectivity index (χ0v) is 44.7. The fraction of sp³-hybridized carbons (Fsp3) is 0.396. The molecule has 2 aromatic carbocycles. The molecule has 0 aliphatic carbocycles. The van der Waals surface area contributed by atoms with Gasteiger partial charge >= 0.3 is 12.2 Å². The minimum atomic E-state index is -0.787. The maximum absolute atomic E-state index is 16.8. The van der Waals surface area contributed by atoms with E-state index in [4.69, 9.17) is 19.2 Å². The summed E-state index contributed by atoms with van der Waals surface area (Å²) in [6, 6.07) is 14.6. The van der Waals surface area contributed by atoms with E-state index >= 15 is 4.39 Å². The van der Waals surface area contributed by atoms with Gasteiger partial charge in [0.1, 0.15) is 46.2 Å². The third-order valence-electron chi connectivity index (χ3n) is 12.9. The Kier molecular flexibility index (Phi) is 18.3. The summed E-state index contributed by atoms with van der Waals surface area (Å²) < 4.78 is 35.1. The summed E-state index contributed by atoms with van der Waals surface area (Å²) in [5.41, 5.74) is 4.23. The molecule has 4 aromatic heterocycles. The number of rotatable bonds is 11. The molecule has 2 saturated heterocycles. The first-order chi connectivity index (χ1) is 32.3. The maximum Gasteiger partial charge on any atom is 0.407 e. The lowest BCUT2D eigenvalue weighted by Gasteiger charge is -2.30. The highest BCUT2D eigenvalue weighted by atomic mass is 32.1. The fourth-order valence-corrected chi connectivity index (χ4v) is 10.3. The highest BCUT2D eigenvalue weighted by molar-refractivity contribution is 7.59. The number of carbonyl (C=O) groups is 4. The topological polar surface area (TPSA) is 213 Å². The summed E-state index contributed by atoms with van der Waals surface area (Å²) in [7, 11) is 2.52. The number of aromatic nitrogens is 5. The van der Waals surface area contributed by atoms with Crippen LogP contribution in [-0.4, -0.2) is 97.7 Å². The van der Waals surface area contributed by atoms with E-state index in [-0.39, 0.29) is 95.3 Å². The van der Waals surface area contributed by atoms with E-state index in [0.717, 1.165) is 39.9 Å². The molecule has 23 heteroatoms. The summed E-state index contributed by atoms with van der Waals surface area (Å²) >= 11 is 1.30. The van der Waals surface area contributed by atoms with E-state index in [1.165, 1.54) is 31.6 Å². The van der Waals surface area contributed by atoms with Gasteiger partial charge in [-0.05, 0) is 80.0 Å². The molecular formula is C48H59FN10O7S5. The Morgan fingerprint density at radius 2 is 1.34 bits per heavy atom. The van der Waals surface area contributed by atoms with Crippen LogP contribution in [0.25, 0.3) is 44.7 Å². The summed E-state index contributed by atoms with van der Waals surface area (Å²) in [6.07, 6.45) is 4.16. The second-order valence-electron chi connectivity index (χ2n) is 17.7. The van der Waals surface area contributed by atoms with Gasteiger partial charge in [0.15, 0.2) is 0 Å². The molecule has 0 spiro atoms. The van der Waals surface area contributed by atoms with Crippen molar-refractivity contribution in [2.45, 2.75) is 83.8 Å².